The summed E-state index contributed by atoms with van der Waals surface area (Å²) in [5, 5.41) is 11.0. The SMILES string of the molecule is CCS(=O)(=O)CCCC(O)Cc1c(Cl)cccc1Cl. The molecule has 0 amide bonds. The predicted molar refractivity (Wildman–Crippen MR) is 79.7 cm³/mol. The summed E-state index contributed by atoms with van der Waals surface area (Å²) in [6, 6.07) is 5.18. The number of benzene rings is 1. The van der Waals surface area contributed by atoms with Crippen molar-refractivity contribution >= 4 is 33.0 Å². The number of hydrogen-bond acceptors (Lipinski definition) is 3. The van der Waals surface area contributed by atoms with Gasteiger partial charge in [-0.05, 0) is 30.5 Å². The molecule has 1 unspecified atom stereocenters. The van der Waals surface area contributed by atoms with Gasteiger partial charge in [-0.25, -0.2) is 8.42 Å². The highest BCUT2D eigenvalue weighted by Crippen LogP contribution is 2.26. The fourth-order valence-corrected chi connectivity index (χ4v) is 3.20. The van der Waals surface area contributed by atoms with Crippen LogP contribution in [-0.2, 0) is 16.3 Å². The number of hydrogen-bond donors (Lipinski definition) is 1. The van der Waals surface area contributed by atoms with Crippen molar-refractivity contribution in [3.05, 3.63) is 33.8 Å². The van der Waals surface area contributed by atoms with Crippen molar-refractivity contribution in [2.75, 3.05) is 11.5 Å². The third-order valence-corrected chi connectivity index (χ3v) is 5.43. The number of sulfone groups is 1. The van der Waals surface area contributed by atoms with E-state index in [0.29, 0.717) is 34.9 Å². The molecular formula is C13H18Cl2O3S. The van der Waals surface area contributed by atoms with Crippen molar-refractivity contribution in [1.82, 2.24) is 0 Å². The van der Waals surface area contributed by atoms with Gasteiger partial charge in [0.25, 0.3) is 0 Å². The van der Waals surface area contributed by atoms with Gasteiger partial charge in [-0.2, -0.15) is 0 Å². The average molecular weight is 325 g/mol. The lowest BCUT2D eigenvalue weighted by Gasteiger charge is -2.13. The van der Waals surface area contributed by atoms with Crippen molar-refractivity contribution in [2.45, 2.75) is 32.3 Å². The van der Waals surface area contributed by atoms with E-state index in [1.807, 2.05) is 0 Å². The third kappa shape index (κ3) is 5.69. The molecule has 108 valence electrons. The molecule has 1 N–H and O–H groups in total. The maximum Gasteiger partial charge on any atom is 0.150 e. The van der Waals surface area contributed by atoms with E-state index in [0.717, 1.165) is 0 Å². The first-order valence-corrected chi connectivity index (χ1v) is 8.75. The number of rotatable bonds is 7. The number of aliphatic hydroxyl groups is 1. The molecule has 0 aliphatic rings. The van der Waals surface area contributed by atoms with E-state index in [9.17, 15) is 13.5 Å². The molecule has 0 fully saturated rings. The summed E-state index contributed by atoms with van der Waals surface area (Å²) in [6.07, 6.45) is 0.565. The zero-order chi connectivity index (χ0) is 14.5. The summed E-state index contributed by atoms with van der Waals surface area (Å²) >= 11 is 12.0. The molecule has 6 heteroatoms. The molecule has 1 aromatic carbocycles. The third-order valence-electron chi connectivity index (χ3n) is 2.93. The first-order chi connectivity index (χ1) is 8.85. The topological polar surface area (TPSA) is 54.4 Å². The molecule has 0 spiro atoms. The molecule has 1 atom stereocenters. The summed E-state index contributed by atoms with van der Waals surface area (Å²) < 4.78 is 22.6. The highest BCUT2D eigenvalue weighted by atomic mass is 35.5. The highest BCUT2D eigenvalue weighted by molar-refractivity contribution is 7.91. The minimum atomic E-state index is -2.97. The lowest BCUT2D eigenvalue weighted by Crippen LogP contribution is -2.15. The van der Waals surface area contributed by atoms with Gasteiger partial charge in [-0.3, -0.25) is 0 Å². The molecule has 0 bridgehead atoms. The van der Waals surface area contributed by atoms with Gasteiger partial charge in [0.1, 0.15) is 9.84 Å². The van der Waals surface area contributed by atoms with Gasteiger partial charge in [-0.15, -0.1) is 0 Å². The maximum atomic E-state index is 11.3. The number of aliphatic hydroxyl groups excluding tert-OH is 1. The smallest absolute Gasteiger partial charge is 0.150 e. The Labute approximate surface area is 124 Å². The largest absolute Gasteiger partial charge is 0.393 e. The van der Waals surface area contributed by atoms with Gasteiger partial charge in [-0.1, -0.05) is 36.2 Å². The van der Waals surface area contributed by atoms with Gasteiger partial charge < -0.3 is 5.11 Å². The minimum absolute atomic E-state index is 0.108. The number of halogens is 2. The summed E-state index contributed by atoms with van der Waals surface area (Å²) in [4.78, 5) is 0. The van der Waals surface area contributed by atoms with Crippen LogP contribution in [0, 0.1) is 0 Å². The molecule has 19 heavy (non-hydrogen) atoms. The molecular weight excluding hydrogens is 307 g/mol. The summed E-state index contributed by atoms with van der Waals surface area (Å²) in [5.74, 6) is 0.246. The van der Waals surface area contributed by atoms with E-state index in [2.05, 4.69) is 0 Å². The first kappa shape index (κ1) is 16.8. The Morgan fingerprint density at radius 1 is 1.26 bits per heavy atom. The molecule has 0 aromatic heterocycles. The van der Waals surface area contributed by atoms with Crippen LogP contribution in [0.25, 0.3) is 0 Å². The quantitative estimate of drug-likeness (QED) is 0.838. The molecule has 1 rings (SSSR count). The monoisotopic (exact) mass is 324 g/mol. The molecule has 0 saturated carbocycles. The van der Waals surface area contributed by atoms with Crippen LogP contribution in [0.2, 0.25) is 10.0 Å². The van der Waals surface area contributed by atoms with Crippen LogP contribution >= 0.6 is 23.2 Å². The lowest BCUT2D eigenvalue weighted by molar-refractivity contribution is 0.164. The molecule has 0 aliphatic heterocycles. The Morgan fingerprint density at radius 3 is 2.37 bits per heavy atom. The van der Waals surface area contributed by atoms with Gasteiger partial charge >= 0.3 is 0 Å². The lowest BCUT2D eigenvalue weighted by atomic mass is 10.0. The van der Waals surface area contributed by atoms with Gasteiger partial charge in [0, 0.05) is 22.2 Å². The second-order valence-electron chi connectivity index (χ2n) is 4.44. The second-order valence-corrected chi connectivity index (χ2v) is 7.72. The highest BCUT2D eigenvalue weighted by Gasteiger charge is 2.13. The minimum Gasteiger partial charge on any atom is -0.393 e. The summed E-state index contributed by atoms with van der Waals surface area (Å²) in [7, 11) is -2.97. The zero-order valence-corrected chi connectivity index (χ0v) is 13.1. The molecule has 3 nitrogen and oxygen atoms in total. The van der Waals surface area contributed by atoms with Gasteiger partial charge in [0.15, 0.2) is 0 Å². The van der Waals surface area contributed by atoms with Crippen LogP contribution in [-0.4, -0.2) is 31.1 Å². The zero-order valence-electron chi connectivity index (χ0n) is 10.8. The predicted octanol–water partition coefficient (Wildman–Crippen LogP) is 3.11. The van der Waals surface area contributed by atoms with Crippen LogP contribution in [0.1, 0.15) is 25.3 Å². The second kappa shape index (κ2) is 7.48. The van der Waals surface area contributed by atoms with Crippen LogP contribution in [0.3, 0.4) is 0 Å². The standard InChI is InChI=1S/C13H18Cl2O3S/c1-2-19(17,18)8-4-5-10(16)9-11-12(14)6-3-7-13(11)15/h3,6-7,10,16H,2,4-5,8-9H2,1H3. The summed E-state index contributed by atoms with van der Waals surface area (Å²) in [5.41, 5.74) is 0.705. The van der Waals surface area contributed by atoms with Crippen molar-refractivity contribution < 1.29 is 13.5 Å². The van der Waals surface area contributed by atoms with Crippen molar-refractivity contribution in [1.29, 1.82) is 0 Å². The Bertz CT molecular complexity index is 494. The van der Waals surface area contributed by atoms with Crippen molar-refractivity contribution in [3.8, 4) is 0 Å². The Hall–Kier alpha value is -0.290. The Kier molecular flexibility index (Phi) is 6.60. The van der Waals surface area contributed by atoms with Crippen molar-refractivity contribution in [3.63, 3.8) is 0 Å². The molecule has 0 saturated heterocycles. The van der Waals surface area contributed by atoms with Gasteiger partial charge in [0.05, 0.1) is 11.9 Å². The van der Waals surface area contributed by atoms with E-state index < -0.39 is 15.9 Å². The van der Waals surface area contributed by atoms with Crippen LogP contribution in [0.15, 0.2) is 18.2 Å². The maximum absolute atomic E-state index is 11.3. The van der Waals surface area contributed by atoms with Crippen LogP contribution < -0.4 is 0 Å². The fourth-order valence-electron chi connectivity index (χ4n) is 1.75. The van der Waals surface area contributed by atoms with E-state index >= 15 is 0 Å². The van der Waals surface area contributed by atoms with Crippen LogP contribution in [0.4, 0.5) is 0 Å². The average Bonchev–Trinajstić information content (AvgIpc) is 2.34. The molecule has 1 aromatic rings. The molecule has 0 aliphatic carbocycles. The Balaban J connectivity index is 2.50. The Morgan fingerprint density at radius 2 is 1.84 bits per heavy atom. The first-order valence-electron chi connectivity index (χ1n) is 6.17. The van der Waals surface area contributed by atoms with Gasteiger partial charge in [0.2, 0.25) is 0 Å². The van der Waals surface area contributed by atoms with Crippen LogP contribution in [0.5, 0.6) is 0 Å². The normalized spacial score (nSPS) is 13.5. The molecule has 0 radical (unpaired) electrons. The molecule has 0 heterocycles. The fraction of sp³-hybridized carbons (Fsp3) is 0.538. The van der Waals surface area contributed by atoms with Crippen molar-refractivity contribution in [2.24, 2.45) is 0 Å². The van der Waals surface area contributed by atoms with E-state index in [1.165, 1.54) is 0 Å². The van der Waals surface area contributed by atoms with E-state index in [4.69, 9.17) is 23.2 Å². The van der Waals surface area contributed by atoms with E-state index in [1.54, 1.807) is 25.1 Å². The summed E-state index contributed by atoms with van der Waals surface area (Å²) in [6.45, 7) is 1.62. The van der Waals surface area contributed by atoms with E-state index in [-0.39, 0.29) is 11.5 Å².